The van der Waals surface area contributed by atoms with Crippen LogP contribution >= 0.6 is 11.8 Å². The predicted octanol–water partition coefficient (Wildman–Crippen LogP) is 15.6. The van der Waals surface area contributed by atoms with Crippen LogP contribution in [0.25, 0.3) is 0 Å². The number of carbonyl (C=O) groups is 1. The summed E-state index contributed by atoms with van der Waals surface area (Å²) in [6, 6.07) is 0. The van der Waals surface area contributed by atoms with Crippen molar-refractivity contribution in [2.45, 2.75) is 265 Å². The second kappa shape index (κ2) is 44.9. The Morgan fingerprint density at radius 2 is 0.931 bits per heavy atom. The van der Waals surface area contributed by atoms with Crippen molar-refractivity contribution in [1.29, 1.82) is 0 Å². The maximum Gasteiger partial charge on any atom is 0.332 e. The van der Waals surface area contributed by atoms with E-state index >= 15 is 0 Å². The summed E-state index contributed by atoms with van der Waals surface area (Å²) in [4.78, 5) is 15.6. The fourth-order valence-electron chi connectivity index (χ4n) is 7.88. The van der Waals surface area contributed by atoms with E-state index < -0.39 is 8.56 Å². The number of esters is 1. The summed E-state index contributed by atoms with van der Waals surface area (Å²) in [7, 11) is -2.16. The zero-order valence-electron chi connectivity index (χ0n) is 40.1. The minimum atomic E-state index is -2.16. The number of rotatable bonds is 48. The third-order valence-electron chi connectivity index (χ3n) is 11.7. The third kappa shape index (κ3) is 40.0. The average Bonchev–Trinajstić information content (AvgIpc) is 3.21. The molecule has 0 aromatic carbocycles. The van der Waals surface area contributed by atoms with Gasteiger partial charge in [-0.1, -0.05) is 182 Å². The molecule has 6 nitrogen and oxygen atoms in total. The summed E-state index contributed by atoms with van der Waals surface area (Å²) in [6.07, 6.45) is 41.6. The van der Waals surface area contributed by atoms with Gasteiger partial charge in [0.15, 0.2) is 0 Å². The lowest BCUT2D eigenvalue weighted by Crippen LogP contribution is -2.38. The molecule has 0 fully saturated rings. The number of hydrogen-bond donors (Lipinski definition) is 1. The first-order valence-electron chi connectivity index (χ1n) is 25.8. The molecule has 2 unspecified atom stereocenters. The molecule has 0 aliphatic rings. The van der Waals surface area contributed by atoms with Gasteiger partial charge in [0.25, 0.3) is 0 Å². The highest BCUT2D eigenvalue weighted by Gasteiger charge is 2.29. The predicted molar refractivity (Wildman–Crippen MR) is 258 cm³/mol. The Balaban J connectivity index is 4.45. The van der Waals surface area contributed by atoms with E-state index in [2.05, 4.69) is 57.5 Å². The monoisotopic (exact) mass is 858 g/mol. The van der Waals surface area contributed by atoms with E-state index in [1.54, 1.807) is 0 Å². The first kappa shape index (κ1) is 57.9. The molecule has 0 rings (SSSR count). The highest BCUT2D eigenvalue weighted by Crippen LogP contribution is 2.26. The minimum absolute atomic E-state index is 0.0659. The van der Waals surface area contributed by atoms with Gasteiger partial charge < -0.3 is 23.6 Å². The molecule has 0 bridgehead atoms. The van der Waals surface area contributed by atoms with Gasteiger partial charge in [-0.15, -0.1) is 11.8 Å². The van der Waals surface area contributed by atoms with E-state index in [-0.39, 0.29) is 23.9 Å². The molecule has 2 atom stereocenters. The number of ether oxygens (including phenoxy) is 1. The highest BCUT2D eigenvalue weighted by molar-refractivity contribution is 7.99. The van der Waals surface area contributed by atoms with E-state index in [1.807, 2.05) is 0 Å². The Kier molecular flexibility index (Phi) is 44.8. The van der Waals surface area contributed by atoms with Crippen molar-refractivity contribution in [1.82, 2.24) is 4.90 Å². The van der Waals surface area contributed by atoms with Crippen LogP contribution in [-0.4, -0.2) is 75.2 Å². The number of aliphatic hydroxyl groups excluding tert-OH is 1. The maximum absolute atomic E-state index is 13.0. The molecule has 0 saturated heterocycles. The summed E-state index contributed by atoms with van der Waals surface area (Å²) >= 11 is 2.05. The van der Waals surface area contributed by atoms with Gasteiger partial charge in [0.05, 0.1) is 18.0 Å². The lowest BCUT2D eigenvalue weighted by molar-refractivity contribution is -0.149. The molecule has 0 aliphatic carbocycles. The molecule has 0 spiro atoms. The van der Waals surface area contributed by atoms with Crippen molar-refractivity contribution in [3.8, 4) is 0 Å². The van der Waals surface area contributed by atoms with Gasteiger partial charge in [-0.05, 0) is 103 Å². The molecule has 8 heteroatoms. The first-order chi connectivity index (χ1) is 28.3. The second-order valence-corrected chi connectivity index (χ2v) is 22.6. The van der Waals surface area contributed by atoms with E-state index in [9.17, 15) is 9.90 Å². The SMILES string of the molecule is CCCCCCCCSC(CCCCCCC)O[Si](C)(C)OCCCCCCN(CCCCO)CCCCCCOC(=O)C(CCCCCC)CCCCCCCC. The van der Waals surface area contributed by atoms with Gasteiger partial charge >= 0.3 is 14.5 Å². The smallest absolute Gasteiger partial charge is 0.332 e. The van der Waals surface area contributed by atoms with Crippen molar-refractivity contribution < 1.29 is 23.5 Å². The van der Waals surface area contributed by atoms with Gasteiger partial charge in [0, 0.05) is 13.2 Å². The molecule has 0 amide bonds. The van der Waals surface area contributed by atoms with E-state index in [4.69, 9.17) is 13.6 Å². The van der Waals surface area contributed by atoms with Gasteiger partial charge in [-0.2, -0.15) is 0 Å². The van der Waals surface area contributed by atoms with Gasteiger partial charge in [0.1, 0.15) is 0 Å². The summed E-state index contributed by atoms with van der Waals surface area (Å²) < 4.78 is 19.1. The molecule has 0 heterocycles. The van der Waals surface area contributed by atoms with Crippen LogP contribution in [0.5, 0.6) is 0 Å². The molecule has 0 saturated carbocycles. The Bertz CT molecular complexity index is 836. The molecule has 348 valence electrons. The zero-order valence-corrected chi connectivity index (χ0v) is 41.9. The number of aliphatic hydroxyl groups is 1. The van der Waals surface area contributed by atoms with Gasteiger partial charge in [-0.25, -0.2) is 0 Å². The Morgan fingerprint density at radius 3 is 1.47 bits per heavy atom. The normalized spacial score (nSPS) is 13.1. The number of thioether (sulfide) groups is 1. The Morgan fingerprint density at radius 1 is 0.517 bits per heavy atom. The number of unbranched alkanes of at least 4 members (excludes halogenated alkanes) is 24. The molecular weight excluding hydrogens is 755 g/mol. The van der Waals surface area contributed by atoms with Crippen LogP contribution < -0.4 is 0 Å². The fourth-order valence-corrected chi connectivity index (χ4v) is 11.3. The van der Waals surface area contributed by atoms with E-state index in [0.717, 1.165) is 90.4 Å². The number of nitrogens with zero attached hydrogens (tertiary/aromatic N) is 1. The van der Waals surface area contributed by atoms with E-state index in [1.165, 1.54) is 160 Å². The van der Waals surface area contributed by atoms with Crippen molar-refractivity contribution >= 4 is 26.3 Å². The van der Waals surface area contributed by atoms with Crippen LogP contribution in [0.2, 0.25) is 13.1 Å². The summed E-state index contributed by atoms with van der Waals surface area (Å²) in [6.45, 7) is 18.6. The topological polar surface area (TPSA) is 68.2 Å². The minimum Gasteiger partial charge on any atom is -0.465 e. The van der Waals surface area contributed by atoms with Gasteiger partial charge in [-0.3, -0.25) is 4.79 Å². The van der Waals surface area contributed by atoms with Crippen LogP contribution in [0.15, 0.2) is 0 Å². The maximum atomic E-state index is 13.0. The second-order valence-electron chi connectivity index (χ2n) is 18.0. The molecular formula is C50H103NO5SSi. The lowest BCUT2D eigenvalue weighted by atomic mass is 9.94. The van der Waals surface area contributed by atoms with Crippen LogP contribution in [0.1, 0.15) is 246 Å². The summed E-state index contributed by atoms with van der Waals surface area (Å²) in [5, 5.41) is 9.37. The molecule has 0 aromatic heterocycles. The standard InChI is InChI=1S/C50H103NO5SSi/c1-7-11-15-19-22-29-39-48(38-28-18-14-10-4)50(53)54-45-35-25-23-31-41-51(43-33-34-44-52)42-32-24-26-36-46-55-58(5,6)56-49(40-30-21-17-13-9-3)57-47-37-27-20-16-12-8-2/h48-49,52H,7-47H2,1-6H3. The third-order valence-corrected chi connectivity index (χ3v) is 14.9. The van der Waals surface area contributed by atoms with Crippen molar-refractivity contribution in [3.05, 3.63) is 0 Å². The van der Waals surface area contributed by atoms with Crippen molar-refractivity contribution in [2.24, 2.45) is 5.92 Å². The van der Waals surface area contributed by atoms with E-state index in [0.29, 0.717) is 6.61 Å². The summed E-state index contributed by atoms with van der Waals surface area (Å²) in [5.41, 5.74) is 0.287. The zero-order chi connectivity index (χ0) is 42.6. The van der Waals surface area contributed by atoms with Gasteiger partial charge in [0.2, 0.25) is 0 Å². The highest BCUT2D eigenvalue weighted by atomic mass is 32.2. The Hall–Kier alpha value is -0.123. The van der Waals surface area contributed by atoms with Crippen LogP contribution in [-0.2, 0) is 18.4 Å². The van der Waals surface area contributed by atoms with Crippen molar-refractivity contribution in [2.75, 3.05) is 45.2 Å². The lowest BCUT2D eigenvalue weighted by Gasteiger charge is -2.29. The van der Waals surface area contributed by atoms with Crippen LogP contribution in [0.3, 0.4) is 0 Å². The molecule has 0 radical (unpaired) electrons. The van der Waals surface area contributed by atoms with Crippen molar-refractivity contribution in [3.63, 3.8) is 0 Å². The molecule has 0 aromatic rings. The van der Waals surface area contributed by atoms with Crippen LogP contribution in [0.4, 0.5) is 0 Å². The van der Waals surface area contributed by atoms with Crippen LogP contribution in [0, 0.1) is 5.92 Å². The fraction of sp³-hybridized carbons (Fsp3) is 0.980. The Labute approximate surface area is 368 Å². The largest absolute Gasteiger partial charge is 0.465 e. The molecule has 1 N–H and O–H groups in total. The number of hydrogen-bond acceptors (Lipinski definition) is 7. The average molecular weight is 859 g/mol. The quantitative estimate of drug-likeness (QED) is 0.0283. The molecule has 58 heavy (non-hydrogen) atoms. The molecule has 0 aliphatic heterocycles. The summed E-state index contributed by atoms with van der Waals surface area (Å²) in [5.74, 6) is 1.38. The number of carbonyl (C=O) groups excluding carboxylic acids is 1. The first-order valence-corrected chi connectivity index (χ1v) is 29.6.